The second-order valence-electron chi connectivity index (χ2n) is 6.69. The lowest BCUT2D eigenvalue weighted by Gasteiger charge is -2.12. The van der Waals surface area contributed by atoms with Gasteiger partial charge in [0.25, 0.3) is 5.91 Å². The summed E-state index contributed by atoms with van der Waals surface area (Å²) in [6, 6.07) is 6.44. The van der Waals surface area contributed by atoms with Gasteiger partial charge < -0.3 is 19.9 Å². The molecule has 1 aliphatic carbocycles. The molecule has 0 fully saturated rings. The first kappa shape index (κ1) is 21.4. The number of nitrogens with one attached hydrogen (secondary N) is 1. The van der Waals surface area contributed by atoms with E-state index in [-0.39, 0.29) is 17.9 Å². The average molecular weight is 426 g/mol. The minimum Gasteiger partial charge on any atom is -0.504 e. The van der Waals surface area contributed by atoms with Crippen LogP contribution in [0.3, 0.4) is 0 Å². The Morgan fingerprint density at radius 3 is 2.77 bits per heavy atom. The number of carbonyl (C=O) groups excluding carboxylic acids is 2. The predicted molar refractivity (Wildman–Crippen MR) is 114 cm³/mol. The van der Waals surface area contributed by atoms with Crippen molar-refractivity contribution in [1.29, 1.82) is 5.26 Å². The number of methoxy groups -OCH3 is 1. The number of amides is 1. The smallest absolute Gasteiger partial charge is 0.341 e. The van der Waals surface area contributed by atoms with Crippen molar-refractivity contribution in [2.75, 3.05) is 19.0 Å². The number of hydrogen-bond donors (Lipinski definition) is 2. The van der Waals surface area contributed by atoms with Crippen LogP contribution in [-0.4, -0.2) is 30.7 Å². The number of fused-ring (bicyclic) bond motifs is 1. The molecule has 0 atom stereocenters. The van der Waals surface area contributed by atoms with E-state index in [0.717, 1.165) is 36.1 Å². The first-order valence-corrected chi connectivity index (χ1v) is 10.4. The molecule has 0 aliphatic heterocycles. The van der Waals surface area contributed by atoms with Gasteiger partial charge in [-0.3, -0.25) is 4.79 Å². The maximum Gasteiger partial charge on any atom is 0.341 e. The molecule has 1 heterocycles. The summed E-state index contributed by atoms with van der Waals surface area (Å²) in [7, 11) is 1.43. The van der Waals surface area contributed by atoms with Crippen LogP contribution in [0.5, 0.6) is 11.5 Å². The summed E-state index contributed by atoms with van der Waals surface area (Å²) in [6.07, 6.45) is 5.00. The van der Waals surface area contributed by atoms with Crippen LogP contribution in [0.15, 0.2) is 23.8 Å². The van der Waals surface area contributed by atoms with Crippen LogP contribution < -0.4 is 10.1 Å². The van der Waals surface area contributed by atoms with Crippen LogP contribution in [0.1, 0.15) is 46.1 Å². The van der Waals surface area contributed by atoms with E-state index in [4.69, 9.17) is 9.47 Å². The summed E-state index contributed by atoms with van der Waals surface area (Å²) >= 11 is 1.36. The fraction of sp³-hybridized carbons (Fsp3) is 0.318. The third kappa shape index (κ3) is 4.47. The van der Waals surface area contributed by atoms with Crippen LogP contribution in [-0.2, 0) is 22.4 Å². The number of phenolic OH excluding ortho intramolecular Hbond substituents is 1. The number of hydrogen-bond acceptors (Lipinski definition) is 7. The van der Waals surface area contributed by atoms with Crippen LogP contribution in [0, 0.1) is 11.3 Å². The Kier molecular flexibility index (Phi) is 6.75. The number of thiophene rings is 1. The minimum atomic E-state index is -0.628. The summed E-state index contributed by atoms with van der Waals surface area (Å²) < 4.78 is 10.2. The first-order valence-electron chi connectivity index (χ1n) is 9.60. The Bertz CT molecular complexity index is 1050. The van der Waals surface area contributed by atoms with Gasteiger partial charge >= 0.3 is 5.97 Å². The van der Waals surface area contributed by atoms with Crippen molar-refractivity contribution in [3.8, 4) is 17.6 Å². The van der Waals surface area contributed by atoms with Gasteiger partial charge in [0, 0.05) is 4.88 Å². The van der Waals surface area contributed by atoms with Gasteiger partial charge in [0.05, 0.1) is 19.3 Å². The molecule has 1 amide bonds. The maximum absolute atomic E-state index is 12.8. The molecule has 1 aliphatic rings. The molecular weight excluding hydrogens is 404 g/mol. The number of benzene rings is 1. The Balaban J connectivity index is 1.90. The Hall–Kier alpha value is -3.31. The van der Waals surface area contributed by atoms with E-state index in [9.17, 15) is 20.0 Å². The normalized spacial score (nSPS) is 13.2. The number of aromatic hydroxyl groups is 1. The molecule has 0 saturated heterocycles. The molecule has 2 aromatic rings. The summed E-state index contributed by atoms with van der Waals surface area (Å²) in [5, 5.41) is 22.5. The highest BCUT2D eigenvalue weighted by atomic mass is 32.1. The molecule has 0 unspecified atom stereocenters. The molecule has 2 N–H and O–H groups in total. The lowest BCUT2D eigenvalue weighted by molar-refractivity contribution is -0.112. The van der Waals surface area contributed by atoms with E-state index in [0.29, 0.717) is 21.9 Å². The second-order valence-corrected chi connectivity index (χ2v) is 7.80. The predicted octanol–water partition coefficient (Wildman–Crippen LogP) is 4.06. The fourth-order valence-corrected chi connectivity index (χ4v) is 4.63. The van der Waals surface area contributed by atoms with E-state index in [1.54, 1.807) is 19.1 Å². The van der Waals surface area contributed by atoms with Crippen LogP contribution >= 0.6 is 11.3 Å². The monoisotopic (exact) mass is 426 g/mol. The number of nitrogens with zero attached hydrogens (tertiary/aromatic N) is 1. The lowest BCUT2D eigenvalue weighted by atomic mass is 9.95. The molecule has 1 aromatic carbocycles. The van der Waals surface area contributed by atoms with Gasteiger partial charge in [-0.25, -0.2) is 4.79 Å². The topological polar surface area (TPSA) is 109 Å². The van der Waals surface area contributed by atoms with Crippen LogP contribution in [0.2, 0.25) is 0 Å². The van der Waals surface area contributed by atoms with E-state index in [1.165, 1.54) is 30.6 Å². The van der Waals surface area contributed by atoms with Crippen LogP contribution in [0.4, 0.5) is 5.00 Å². The van der Waals surface area contributed by atoms with Gasteiger partial charge in [0.15, 0.2) is 11.5 Å². The van der Waals surface area contributed by atoms with Gasteiger partial charge in [-0.1, -0.05) is 6.07 Å². The number of esters is 1. The molecule has 0 saturated carbocycles. The molecule has 30 heavy (non-hydrogen) atoms. The van der Waals surface area contributed by atoms with E-state index in [1.807, 2.05) is 6.07 Å². The molecular formula is C22H22N2O5S. The summed E-state index contributed by atoms with van der Waals surface area (Å²) in [4.78, 5) is 26.4. The van der Waals surface area contributed by atoms with E-state index in [2.05, 4.69) is 5.32 Å². The number of carbonyl (C=O) groups is 2. The number of phenols is 1. The Morgan fingerprint density at radius 2 is 2.10 bits per heavy atom. The first-order chi connectivity index (χ1) is 14.5. The quantitative estimate of drug-likeness (QED) is 0.410. The molecule has 1 aromatic heterocycles. The van der Waals surface area contributed by atoms with Crippen molar-refractivity contribution in [3.05, 3.63) is 45.3 Å². The largest absolute Gasteiger partial charge is 0.504 e. The second kappa shape index (κ2) is 9.46. The van der Waals surface area contributed by atoms with Crippen LogP contribution in [0.25, 0.3) is 6.08 Å². The number of rotatable bonds is 6. The number of nitriles is 1. The van der Waals surface area contributed by atoms with E-state index >= 15 is 0 Å². The van der Waals surface area contributed by atoms with Gasteiger partial charge in [0.1, 0.15) is 16.6 Å². The molecule has 8 heteroatoms. The Labute approximate surface area is 178 Å². The third-order valence-electron chi connectivity index (χ3n) is 4.76. The minimum absolute atomic E-state index is 0.0977. The zero-order chi connectivity index (χ0) is 21.7. The van der Waals surface area contributed by atoms with Gasteiger partial charge in [-0.2, -0.15) is 5.26 Å². The average Bonchev–Trinajstić information content (AvgIpc) is 3.10. The van der Waals surface area contributed by atoms with Crippen molar-refractivity contribution >= 4 is 34.3 Å². The molecule has 0 spiro atoms. The standard InChI is InChI=1S/C22H22N2O5S/c1-3-29-22(27)19-15-6-4-5-7-18(15)30-21(19)24-20(26)14(12-23)10-13-8-9-17(28-2)16(25)11-13/h8-11,25H,3-7H2,1-2H3,(H,24,26). The van der Waals surface area contributed by atoms with Crippen molar-refractivity contribution in [2.24, 2.45) is 0 Å². The zero-order valence-electron chi connectivity index (χ0n) is 16.8. The van der Waals surface area contributed by atoms with E-state index < -0.39 is 11.9 Å². The highest BCUT2D eigenvalue weighted by Gasteiger charge is 2.27. The molecule has 0 radical (unpaired) electrons. The zero-order valence-corrected chi connectivity index (χ0v) is 17.6. The SMILES string of the molecule is CCOC(=O)c1c(NC(=O)C(C#N)=Cc2ccc(OC)c(O)c2)sc2c1CCCC2. The van der Waals surface area contributed by atoms with Gasteiger partial charge in [-0.05, 0) is 61.9 Å². The van der Waals surface area contributed by atoms with Crippen molar-refractivity contribution in [3.63, 3.8) is 0 Å². The summed E-state index contributed by atoms with van der Waals surface area (Å²) in [5.74, 6) is -0.899. The summed E-state index contributed by atoms with van der Waals surface area (Å²) in [5.41, 5.74) is 1.64. The van der Waals surface area contributed by atoms with Crippen molar-refractivity contribution in [2.45, 2.75) is 32.6 Å². The number of aryl methyl sites for hydroxylation is 1. The van der Waals surface area contributed by atoms with Crippen molar-refractivity contribution < 1.29 is 24.2 Å². The molecule has 7 nitrogen and oxygen atoms in total. The third-order valence-corrected chi connectivity index (χ3v) is 5.96. The van der Waals surface area contributed by atoms with Crippen molar-refractivity contribution in [1.82, 2.24) is 0 Å². The highest BCUT2D eigenvalue weighted by Crippen LogP contribution is 2.39. The number of ether oxygens (including phenoxy) is 2. The number of anilines is 1. The fourth-order valence-electron chi connectivity index (χ4n) is 3.36. The molecule has 156 valence electrons. The van der Waals surface area contributed by atoms with Gasteiger partial charge in [-0.15, -0.1) is 11.3 Å². The lowest BCUT2D eigenvalue weighted by Crippen LogP contribution is -2.16. The maximum atomic E-state index is 12.8. The Morgan fingerprint density at radius 1 is 1.33 bits per heavy atom. The molecule has 3 rings (SSSR count). The molecule has 0 bridgehead atoms. The van der Waals surface area contributed by atoms with Gasteiger partial charge in [0.2, 0.25) is 0 Å². The summed E-state index contributed by atoms with van der Waals surface area (Å²) in [6.45, 7) is 1.97. The highest BCUT2D eigenvalue weighted by molar-refractivity contribution is 7.17.